The Bertz CT molecular complexity index is 500. The number of rotatable bonds is 4. The van der Waals surface area contributed by atoms with Gasteiger partial charge in [0.15, 0.2) is 5.82 Å². The molecule has 0 aliphatic heterocycles. The van der Waals surface area contributed by atoms with Crippen molar-refractivity contribution in [3.63, 3.8) is 0 Å². The van der Waals surface area contributed by atoms with E-state index in [0.717, 1.165) is 18.8 Å². The van der Waals surface area contributed by atoms with Gasteiger partial charge >= 0.3 is 0 Å². The predicted octanol–water partition coefficient (Wildman–Crippen LogP) is 3.10. The smallest absolute Gasteiger partial charge is 0.150 e. The van der Waals surface area contributed by atoms with Crippen LogP contribution in [0.3, 0.4) is 0 Å². The Morgan fingerprint density at radius 3 is 2.94 bits per heavy atom. The van der Waals surface area contributed by atoms with Gasteiger partial charge in [0.25, 0.3) is 0 Å². The number of hydrogen-bond donors (Lipinski definition) is 1. The molecule has 3 nitrogen and oxygen atoms in total. The maximum atomic E-state index is 13.5. The van der Waals surface area contributed by atoms with E-state index in [-0.39, 0.29) is 5.82 Å². The number of nitrogens with zero attached hydrogens (tertiary/aromatic N) is 2. The third kappa shape index (κ3) is 2.78. The minimum atomic E-state index is -0.354. The molecule has 0 fully saturated rings. The molecule has 0 spiro atoms. The highest BCUT2D eigenvalue weighted by Crippen LogP contribution is 2.20. The lowest BCUT2D eigenvalue weighted by Crippen LogP contribution is -2.02. The highest BCUT2D eigenvalue weighted by atomic mass is 19.1. The molecule has 0 aliphatic carbocycles. The Balaban J connectivity index is 2.30. The van der Waals surface area contributed by atoms with Crippen molar-refractivity contribution in [1.82, 2.24) is 9.97 Å². The molecule has 0 unspecified atom stereocenters. The van der Waals surface area contributed by atoms with Crippen LogP contribution < -0.4 is 5.32 Å². The van der Waals surface area contributed by atoms with E-state index < -0.39 is 0 Å². The number of nitrogens with one attached hydrogen (secondary N) is 1. The maximum Gasteiger partial charge on any atom is 0.150 e. The van der Waals surface area contributed by atoms with E-state index in [9.17, 15) is 4.39 Å². The molecule has 0 aromatic carbocycles. The molecule has 0 saturated heterocycles. The molecule has 17 heavy (non-hydrogen) atoms. The van der Waals surface area contributed by atoms with Crippen molar-refractivity contribution >= 4 is 5.82 Å². The van der Waals surface area contributed by atoms with Gasteiger partial charge in [0, 0.05) is 18.3 Å². The maximum absolute atomic E-state index is 13.5. The summed E-state index contributed by atoms with van der Waals surface area (Å²) >= 11 is 0. The van der Waals surface area contributed by atoms with Gasteiger partial charge < -0.3 is 5.32 Å². The van der Waals surface area contributed by atoms with Crippen LogP contribution in [0.15, 0.2) is 36.7 Å². The monoisotopic (exact) mass is 231 g/mol. The van der Waals surface area contributed by atoms with Crippen LogP contribution in [-0.2, 0) is 0 Å². The Morgan fingerprint density at radius 2 is 2.18 bits per heavy atom. The molecular weight excluding hydrogens is 217 g/mol. The minimum absolute atomic E-state index is 0.354. The molecular formula is C13H14FN3. The van der Waals surface area contributed by atoms with Crippen molar-refractivity contribution in [3.8, 4) is 11.3 Å². The van der Waals surface area contributed by atoms with Crippen molar-refractivity contribution in [2.75, 3.05) is 11.9 Å². The third-order valence-electron chi connectivity index (χ3n) is 2.35. The van der Waals surface area contributed by atoms with Crippen molar-refractivity contribution < 1.29 is 4.39 Å². The molecule has 0 atom stereocenters. The molecule has 2 aromatic heterocycles. The van der Waals surface area contributed by atoms with Crippen LogP contribution >= 0.6 is 0 Å². The van der Waals surface area contributed by atoms with Gasteiger partial charge in [0.05, 0.1) is 11.9 Å². The van der Waals surface area contributed by atoms with Crippen LogP contribution in [0, 0.1) is 5.82 Å². The SMILES string of the molecule is CCCNc1cccc(-c2ccncc2F)n1. The lowest BCUT2D eigenvalue weighted by molar-refractivity contribution is 0.624. The first-order chi connectivity index (χ1) is 8.31. The van der Waals surface area contributed by atoms with Gasteiger partial charge in [-0.15, -0.1) is 0 Å². The molecule has 1 N–H and O–H groups in total. The van der Waals surface area contributed by atoms with Gasteiger partial charge in [-0.3, -0.25) is 4.98 Å². The first-order valence-corrected chi connectivity index (χ1v) is 5.62. The summed E-state index contributed by atoms with van der Waals surface area (Å²) in [4.78, 5) is 8.09. The fraction of sp³-hybridized carbons (Fsp3) is 0.231. The molecule has 0 radical (unpaired) electrons. The average Bonchev–Trinajstić information content (AvgIpc) is 2.37. The van der Waals surface area contributed by atoms with Crippen LogP contribution in [0.5, 0.6) is 0 Å². The number of anilines is 1. The molecule has 0 amide bonds. The Hall–Kier alpha value is -1.97. The van der Waals surface area contributed by atoms with Crippen molar-refractivity contribution in [3.05, 3.63) is 42.5 Å². The van der Waals surface area contributed by atoms with Crippen molar-refractivity contribution in [2.45, 2.75) is 13.3 Å². The van der Waals surface area contributed by atoms with E-state index in [4.69, 9.17) is 0 Å². The van der Waals surface area contributed by atoms with Crippen LogP contribution in [-0.4, -0.2) is 16.5 Å². The second kappa shape index (κ2) is 5.39. The largest absolute Gasteiger partial charge is 0.370 e. The van der Waals surface area contributed by atoms with Gasteiger partial charge in [0.1, 0.15) is 5.82 Å². The normalized spacial score (nSPS) is 10.2. The molecule has 2 rings (SSSR count). The second-order valence-electron chi connectivity index (χ2n) is 3.69. The van der Waals surface area contributed by atoms with Gasteiger partial charge in [-0.05, 0) is 24.6 Å². The summed E-state index contributed by atoms with van der Waals surface area (Å²) in [6.07, 6.45) is 3.78. The van der Waals surface area contributed by atoms with E-state index in [1.165, 1.54) is 6.20 Å². The Labute approximate surface area is 99.7 Å². The van der Waals surface area contributed by atoms with Crippen molar-refractivity contribution in [1.29, 1.82) is 0 Å². The third-order valence-corrected chi connectivity index (χ3v) is 2.35. The standard InChI is InChI=1S/C13H14FN3/c1-2-7-16-13-5-3-4-12(17-13)10-6-8-15-9-11(10)14/h3-6,8-9H,2,7H2,1H3,(H,16,17). The molecule has 0 aliphatic rings. The molecule has 0 bridgehead atoms. The van der Waals surface area contributed by atoms with Crippen LogP contribution in [0.1, 0.15) is 13.3 Å². The highest BCUT2D eigenvalue weighted by Gasteiger charge is 2.06. The molecule has 88 valence electrons. The average molecular weight is 231 g/mol. The summed E-state index contributed by atoms with van der Waals surface area (Å²) in [5.74, 6) is 0.410. The number of aromatic nitrogens is 2. The lowest BCUT2D eigenvalue weighted by atomic mass is 10.1. The summed E-state index contributed by atoms with van der Waals surface area (Å²) in [7, 11) is 0. The molecule has 2 heterocycles. The van der Waals surface area contributed by atoms with E-state index >= 15 is 0 Å². The summed E-state index contributed by atoms with van der Waals surface area (Å²) < 4.78 is 13.5. The lowest BCUT2D eigenvalue weighted by Gasteiger charge is -2.06. The zero-order chi connectivity index (χ0) is 12.1. The van der Waals surface area contributed by atoms with Gasteiger partial charge in [-0.1, -0.05) is 13.0 Å². The number of pyridine rings is 2. The zero-order valence-electron chi connectivity index (χ0n) is 9.65. The highest BCUT2D eigenvalue weighted by molar-refractivity contribution is 5.61. The number of hydrogen-bond acceptors (Lipinski definition) is 3. The van der Waals surface area contributed by atoms with Gasteiger partial charge in [-0.2, -0.15) is 0 Å². The van der Waals surface area contributed by atoms with Crippen LogP contribution in [0.25, 0.3) is 11.3 Å². The zero-order valence-corrected chi connectivity index (χ0v) is 9.65. The predicted molar refractivity (Wildman–Crippen MR) is 66.2 cm³/mol. The fourth-order valence-electron chi connectivity index (χ4n) is 1.52. The summed E-state index contributed by atoms with van der Waals surface area (Å²) in [5, 5.41) is 3.17. The second-order valence-corrected chi connectivity index (χ2v) is 3.69. The van der Waals surface area contributed by atoms with Gasteiger partial charge in [-0.25, -0.2) is 9.37 Å². The summed E-state index contributed by atoms with van der Waals surface area (Å²) in [6, 6.07) is 7.15. The van der Waals surface area contributed by atoms with E-state index in [1.54, 1.807) is 18.3 Å². The first-order valence-electron chi connectivity index (χ1n) is 5.62. The molecule has 2 aromatic rings. The van der Waals surface area contributed by atoms with Gasteiger partial charge in [0.2, 0.25) is 0 Å². The minimum Gasteiger partial charge on any atom is -0.370 e. The van der Waals surface area contributed by atoms with Crippen LogP contribution in [0.2, 0.25) is 0 Å². The van der Waals surface area contributed by atoms with E-state index in [1.807, 2.05) is 12.1 Å². The molecule has 4 heteroatoms. The summed E-state index contributed by atoms with van der Waals surface area (Å²) in [5.41, 5.74) is 1.09. The number of halogens is 1. The quantitative estimate of drug-likeness (QED) is 0.878. The Kier molecular flexibility index (Phi) is 3.65. The van der Waals surface area contributed by atoms with E-state index in [2.05, 4.69) is 22.2 Å². The first kappa shape index (κ1) is 11.5. The fourth-order valence-corrected chi connectivity index (χ4v) is 1.52. The van der Waals surface area contributed by atoms with Crippen LogP contribution in [0.4, 0.5) is 10.2 Å². The summed E-state index contributed by atoms with van der Waals surface area (Å²) in [6.45, 7) is 2.94. The molecule has 0 saturated carbocycles. The van der Waals surface area contributed by atoms with Crippen molar-refractivity contribution in [2.24, 2.45) is 0 Å². The Morgan fingerprint density at radius 1 is 1.29 bits per heavy atom. The van der Waals surface area contributed by atoms with E-state index in [0.29, 0.717) is 11.3 Å². The topological polar surface area (TPSA) is 37.8 Å².